The molecule has 1 N–H and O–H groups in total. The molecule has 1 amide bonds. The molecule has 0 saturated heterocycles. The summed E-state index contributed by atoms with van der Waals surface area (Å²) in [5.74, 6) is -0.356. The van der Waals surface area contributed by atoms with E-state index in [0.29, 0.717) is 5.69 Å². The van der Waals surface area contributed by atoms with Crippen molar-refractivity contribution in [3.8, 4) is 0 Å². The highest BCUT2D eigenvalue weighted by Gasteiger charge is 2.31. The van der Waals surface area contributed by atoms with Crippen molar-refractivity contribution < 1.29 is 13.2 Å². The average Bonchev–Trinajstić information content (AvgIpc) is 2.78. The van der Waals surface area contributed by atoms with Crippen molar-refractivity contribution >= 4 is 21.6 Å². The van der Waals surface area contributed by atoms with E-state index in [0.717, 1.165) is 9.87 Å². The van der Waals surface area contributed by atoms with E-state index < -0.39 is 10.0 Å². The van der Waals surface area contributed by atoms with Gasteiger partial charge < -0.3 is 5.32 Å². The molecule has 7 nitrogen and oxygen atoms in total. The number of fused-ring (bicyclic) bond motifs is 1. The molecule has 1 aromatic heterocycles. The van der Waals surface area contributed by atoms with Crippen LogP contribution in [0.2, 0.25) is 0 Å². The lowest BCUT2D eigenvalue weighted by Gasteiger charge is -2.19. The normalized spacial score (nSPS) is 16.1. The van der Waals surface area contributed by atoms with Gasteiger partial charge >= 0.3 is 0 Å². The number of carbonyl (C=O) groups is 1. The van der Waals surface area contributed by atoms with Crippen molar-refractivity contribution in [1.29, 1.82) is 0 Å². The number of anilines is 1. The lowest BCUT2D eigenvalue weighted by molar-refractivity contribution is -0.116. The van der Waals surface area contributed by atoms with Crippen LogP contribution in [0.4, 0.5) is 5.69 Å². The van der Waals surface area contributed by atoms with E-state index in [4.69, 9.17) is 0 Å². The maximum atomic E-state index is 12.7. The molecule has 0 atom stereocenters. The van der Waals surface area contributed by atoms with Gasteiger partial charge in [0.1, 0.15) is 0 Å². The van der Waals surface area contributed by atoms with Gasteiger partial charge in [-0.25, -0.2) is 8.42 Å². The van der Waals surface area contributed by atoms with Gasteiger partial charge in [0.05, 0.1) is 12.7 Å². The number of amides is 1. The summed E-state index contributed by atoms with van der Waals surface area (Å²) in [6, 6.07) is 8.58. The Bertz CT molecular complexity index is 797. The van der Waals surface area contributed by atoms with Crippen LogP contribution in [0, 0.1) is 0 Å². The van der Waals surface area contributed by atoms with Crippen LogP contribution < -0.4 is 5.32 Å². The van der Waals surface area contributed by atoms with Crippen molar-refractivity contribution in [3.05, 3.63) is 42.1 Å². The minimum absolute atomic E-state index is 0.0645. The molecular formula is C13H14N4O3S. The van der Waals surface area contributed by atoms with E-state index >= 15 is 0 Å². The monoisotopic (exact) mass is 306 g/mol. The van der Waals surface area contributed by atoms with Gasteiger partial charge in [-0.3, -0.25) is 9.48 Å². The summed E-state index contributed by atoms with van der Waals surface area (Å²) in [7, 11) is -2.22. The van der Waals surface area contributed by atoms with E-state index in [1.54, 1.807) is 25.2 Å². The summed E-state index contributed by atoms with van der Waals surface area (Å²) in [4.78, 5) is 11.9. The molecule has 0 radical (unpaired) electrons. The number of carbonyl (C=O) groups excluding carboxylic acids is 1. The molecule has 1 aromatic carbocycles. The number of benzene rings is 1. The molecule has 0 saturated carbocycles. The third-order valence-electron chi connectivity index (χ3n) is 3.34. The Hall–Kier alpha value is -2.19. The second-order valence-electron chi connectivity index (χ2n) is 4.77. The fourth-order valence-corrected chi connectivity index (χ4v) is 3.77. The zero-order valence-electron chi connectivity index (χ0n) is 11.4. The van der Waals surface area contributed by atoms with E-state index in [9.17, 15) is 13.2 Å². The summed E-state index contributed by atoms with van der Waals surface area (Å²) in [6.07, 6.45) is 1.42. The summed E-state index contributed by atoms with van der Waals surface area (Å²) in [5, 5.41) is 6.66. The summed E-state index contributed by atoms with van der Waals surface area (Å²) < 4.78 is 27.8. The minimum atomic E-state index is -3.78. The van der Waals surface area contributed by atoms with Gasteiger partial charge in [0, 0.05) is 19.3 Å². The first-order valence-electron chi connectivity index (χ1n) is 6.34. The van der Waals surface area contributed by atoms with Crippen LogP contribution in [0.5, 0.6) is 0 Å². The smallest absolute Gasteiger partial charge is 0.260 e. The number of nitrogens with zero attached hydrogens (tertiary/aromatic N) is 3. The first-order valence-corrected chi connectivity index (χ1v) is 7.78. The lowest BCUT2D eigenvalue weighted by atomic mass is 10.2. The Morgan fingerprint density at radius 2 is 1.95 bits per heavy atom. The maximum Gasteiger partial charge on any atom is 0.260 e. The Labute approximate surface area is 122 Å². The second-order valence-corrected chi connectivity index (χ2v) is 6.66. The number of aromatic nitrogens is 2. The topological polar surface area (TPSA) is 84.3 Å². The molecule has 0 unspecified atom stereocenters. The molecule has 1 aliphatic heterocycles. The molecule has 8 heteroatoms. The van der Waals surface area contributed by atoms with Gasteiger partial charge in [-0.15, -0.1) is 0 Å². The standard InChI is InChI=1S/C13H14N4O3S/c1-16-13(6-7-14-16)21(19,20)17-8-10-4-2-3-5-11(10)15-12(18)9-17/h2-7H,8-9H2,1H3,(H,15,18). The fourth-order valence-electron chi connectivity index (χ4n) is 2.29. The fraction of sp³-hybridized carbons (Fsp3) is 0.231. The third kappa shape index (κ3) is 2.43. The van der Waals surface area contributed by atoms with E-state index in [1.807, 2.05) is 6.07 Å². The molecule has 3 rings (SSSR count). The number of nitrogens with one attached hydrogen (secondary N) is 1. The molecule has 0 fully saturated rings. The molecule has 2 heterocycles. The average molecular weight is 306 g/mol. The van der Waals surface area contributed by atoms with Crippen LogP contribution >= 0.6 is 0 Å². The molecular weight excluding hydrogens is 292 g/mol. The van der Waals surface area contributed by atoms with Crippen LogP contribution in [-0.2, 0) is 28.4 Å². The highest BCUT2D eigenvalue weighted by Crippen LogP contribution is 2.24. The molecule has 0 spiro atoms. The molecule has 2 aromatic rings. The Balaban J connectivity index is 2.03. The van der Waals surface area contributed by atoms with Gasteiger partial charge in [-0.1, -0.05) is 18.2 Å². The minimum Gasteiger partial charge on any atom is -0.325 e. The van der Waals surface area contributed by atoms with Crippen molar-refractivity contribution in [2.24, 2.45) is 7.05 Å². The first kappa shape index (κ1) is 13.8. The number of hydrogen-bond donors (Lipinski definition) is 1. The summed E-state index contributed by atoms with van der Waals surface area (Å²) in [6.45, 7) is -0.0788. The van der Waals surface area contributed by atoms with Crippen molar-refractivity contribution in [2.75, 3.05) is 11.9 Å². The largest absolute Gasteiger partial charge is 0.325 e. The van der Waals surface area contributed by atoms with E-state index in [2.05, 4.69) is 10.4 Å². The van der Waals surface area contributed by atoms with Crippen LogP contribution in [0.1, 0.15) is 5.56 Å². The van der Waals surface area contributed by atoms with Crippen LogP contribution in [0.25, 0.3) is 0 Å². The molecule has 0 aliphatic carbocycles. The predicted molar refractivity (Wildman–Crippen MR) is 75.9 cm³/mol. The second kappa shape index (κ2) is 4.97. The highest BCUT2D eigenvalue weighted by atomic mass is 32.2. The number of rotatable bonds is 2. The van der Waals surface area contributed by atoms with Gasteiger partial charge in [-0.05, 0) is 17.7 Å². The van der Waals surface area contributed by atoms with Crippen molar-refractivity contribution in [3.63, 3.8) is 0 Å². The van der Waals surface area contributed by atoms with Crippen LogP contribution in [0.15, 0.2) is 41.6 Å². The molecule has 0 bridgehead atoms. The number of sulfonamides is 1. The van der Waals surface area contributed by atoms with E-state index in [-0.39, 0.29) is 24.0 Å². The molecule has 21 heavy (non-hydrogen) atoms. The molecule has 110 valence electrons. The Morgan fingerprint density at radius 1 is 1.19 bits per heavy atom. The van der Waals surface area contributed by atoms with Crippen LogP contribution in [-0.4, -0.2) is 35.0 Å². The Morgan fingerprint density at radius 3 is 2.67 bits per heavy atom. The van der Waals surface area contributed by atoms with Gasteiger partial charge in [-0.2, -0.15) is 9.40 Å². The quantitative estimate of drug-likeness (QED) is 0.879. The van der Waals surface area contributed by atoms with Gasteiger partial charge in [0.2, 0.25) is 5.91 Å². The number of aryl methyl sites for hydroxylation is 1. The zero-order valence-corrected chi connectivity index (χ0v) is 12.2. The summed E-state index contributed by atoms with van der Waals surface area (Å²) in [5.41, 5.74) is 1.40. The van der Waals surface area contributed by atoms with Crippen molar-refractivity contribution in [1.82, 2.24) is 14.1 Å². The van der Waals surface area contributed by atoms with Gasteiger partial charge in [0.25, 0.3) is 10.0 Å². The highest BCUT2D eigenvalue weighted by molar-refractivity contribution is 7.89. The van der Waals surface area contributed by atoms with E-state index in [1.165, 1.54) is 16.9 Å². The SMILES string of the molecule is Cn1nccc1S(=O)(=O)N1CC(=O)Nc2ccccc2C1. The van der Waals surface area contributed by atoms with Gasteiger partial charge in [0.15, 0.2) is 5.03 Å². The Kier molecular flexibility index (Phi) is 3.26. The number of hydrogen-bond acceptors (Lipinski definition) is 4. The third-order valence-corrected chi connectivity index (χ3v) is 5.21. The predicted octanol–water partition coefficient (Wildman–Crippen LogP) is 0.563. The number of para-hydroxylation sites is 1. The summed E-state index contributed by atoms with van der Waals surface area (Å²) >= 11 is 0. The maximum absolute atomic E-state index is 12.7. The zero-order chi connectivity index (χ0) is 15.0. The van der Waals surface area contributed by atoms with Crippen molar-refractivity contribution in [2.45, 2.75) is 11.6 Å². The van der Waals surface area contributed by atoms with Crippen LogP contribution in [0.3, 0.4) is 0 Å². The first-order chi connectivity index (χ1) is 9.98. The lowest BCUT2D eigenvalue weighted by Crippen LogP contribution is -2.36. The molecule has 1 aliphatic rings.